The first-order chi connectivity index (χ1) is 9.41. The lowest BCUT2D eigenvalue weighted by molar-refractivity contribution is -0.122. The molecule has 0 bridgehead atoms. The van der Waals surface area contributed by atoms with Crippen LogP contribution >= 0.6 is 15.9 Å². The third-order valence-corrected chi connectivity index (χ3v) is 4.42. The van der Waals surface area contributed by atoms with Crippen LogP contribution in [-0.2, 0) is 11.2 Å². The average molecular weight is 342 g/mol. The van der Waals surface area contributed by atoms with E-state index in [0.717, 1.165) is 42.5 Å². The molecule has 0 aromatic carbocycles. The van der Waals surface area contributed by atoms with Crippen molar-refractivity contribution in [3.63, 3.8) is 0 Å². The Morgan fingerprint density at radius 1 is 1.50 bits per heavy atom. The number of alkyl halides is 1. The van der Waals surface area contributed by atoms with Crippen LogP contribution in [-0.4, -0.2) is 11.2 Å². The zero-order valence-corrected chi connectivity index (χ0v) is 14.2. The maximum Gasteiger partial charge on any atom is 0.220 e. The fourth-order valence-corrected chi connectivity index (χ4v) is 3.36. The van der Waals surface area contributed by atoms with Crippen LogP contribution in [0, 0.1) is 12.3 Å². The molecule has 1 aromatic rings. The van der Waals surface area contributed by atoms with Crippen molar-refractivity contribution in [1.82, 2.24) is 5.32 Å². The molecule has 3 nitrogen and oxygen atoms in total. The molecule has 1 unspecified atom stereocenters. The predicted molar refractivity (Wildman–Crippen MR) is 84.1 cm³/mol. The standard InChI is InChI=1S/C16H24BrNO2/c1-11-8-12-13(18-15(19)6-4-5-7-17)9-16(2,3)10-14(12)20-11/h8,13H,4-7,9-10H2,1-3H3,(H,18,19). The van der Waals surface area contributed by atoms with Crippen molar-refractivity contribution >= 4 is 21.8 Å². The van der Waals surface area contributed by atoms with E-state index >= 15 is 0 Å². The van der Waals surface area contributed by atoms with Crippen LogP contribution in [0.2, 0.25) is 0 Å². The fraction of sp³-hybridized carbons (Fsp3) is 0.688. The largest absolute Gasteiger partial charge is 0.466 e. The quantitative estimate of drug-likeness (QED) is 0.641. The first kappa shape index (κ1) is 15.6. The molecular formula is C16H24BrNO2. The van der Waals surface area contributed by atoms with Crippen molar-refractivity contribution in [1.29, 1.82) is 0 Å². The van der Waals surface area contributed by atoms with Crippen LogP contribution in [0.1, 0.15) is 62.7 Å². The van der Waals surface area contributed by atoms with E-state index in [1.165, 1.54) is 5.56 Å². The SMILES string of the molecule is Cc1cc2c(o1)CC(C)(C)CC2NC(=O)CCCCBr. The molecule has 0 radical (unpaired) electrons. The van der Waals surface area contributed by atoms with Crippen LogP contribution in [0.4, 0.5) is 0 Å². The lowest BCUT2D eigenvalue weighted by Gasteiger charge is -2.34. The smallest absolute Gasteiger partial charge is 0.220 e. The van der Waals surface area contributed by atoms with Crippen LogP contribution in [0.3, 0.4) is 0 Å². The highest BCUT2D eigenvalue weighted by molar-refractivity contribution is 9.09. The number of furan rings is 1. The highest BCUT2D eigenvalue weighted by atomic mass is 79.9. The summed E-state index contributed by atoms with van der Waals surface area (Å²) in [5.74, 6) is 2.13. The van der Waals surface area contributed by atoms with Crippen molar-refractivity contribution in [2.24, 2.45) is 5.41 Å². The Balaban J connectivity index is 2.05. The summed E-state index contributed by atoms with van der Waals surface area (Å²) in [5, 5.41) is 4.15. The Kier molecular flexibility index (Phi) is 4.95. The van der Waals surface area contributed by atoms with Crippen LogP contribution in [0.15, 0.2) is 10.5 Å². The van der Waals surface area contributed by atoms with Gasteiger partial charge in [-0.25, -0.2) is 0 Å². The number of aryl methyl sites for hydroxylation is 1. The lowest BCUT2D eigenvalue weighted by Crippen LogP contribution is -2.35. The van der Waals surface area contributed by atoms with Crippen molar-refractivity contribution in [2.75, 3.05) is 5.33 Å². The van der Waals surface area contributed by atoms with E-state index in [0.29, 0.717) is 6.42 Å². The van der Waals surface area contributed by atoms with E-state index < -0.39 is 0 Å². The first-order valence-corrected chi connectivity index (χ1v) is 8.48. The van der Waals surface area contributed by atoms with Gasteiger partial charge < -0.3 is 9.73 Å². The Morgan fingerprint density at radius 2 is 2.25 bits per heavy atom. The van der Waals surface area contributed by atoms with Gasteiger partial charge in [0.1, 0.15) is 11.5 Å². The van der Waals surface area contributed by atoms with Crippen LogP contribution < -0.4 is 5.32 Å². The summed E-state index contributed by atoms with van der Waals surface area (Å²) in [5.41, 5.74) is 1.35. The monoisotopic (exact) mass is 341 g/mol. The van der Waals surface area contributed by atoms with E-state index in [1.54, 1.807) is 0 Å². The molecule has 112 valence electrons. The lowest BCUT2D eigenvalue weighted by atomic mass is 9.74. The summed E-state index contributed by atoms with van der Waals surface area (Å²) in [6.07, 6.45) is 4.51. The minimum atomic E-state index is 0.0997. The van der Waals surface area contributed by atoms with Gasteiger partial charge in [-0.1, -0.05) is 29.8 Å². The normalized spacial score (nSPS) is 20.5. The Labute approximate surface area is 129 Å². The molecule has 1 aliphatic rings. The van der Waals surface area contributed by atoms with Gasteiger partial charge in [-0.3, -0.25) is 4.79 Å². The number of amides is 1. The Bertz CT molecular complexity index is 479. The van der Waals surface area contributed by atoms with Crippen LogP contribution in [0.5, 0.6) is 0 Å². The highest BCUT2D eigenvalue weighted by Crippen LogP contribution is 2.42. The summed E-state index contributed by atoms with van der Waals surface area (Å²) < 4.78 is 5.79. The van der Waals surface area contributed by atoms with E-state index in [9.17, 15) is 4.79 Å². The van der Waals surface area contributed by atoms with Gasteiger partial charge in [0.25, 0.3) is 0 Å². The second kappa shape index (κ2) is 6.33. The molecule has 0 aliphatic heterocycles. The van der Waals surface area contributed by atoms with Crippen molar-refractivity contribution in [3.05, 3.63) is 23.2 Å². The molecule has 4 heteroatoms. The molecule has 1 aliphatic carbocycles. The third-order valence-electron chi connectivity index (χ3n) is 3.86. The fourth-order valence-electron chi connectivity index (χ4n) is 2.96. The van der Waals surface area contributed by atoms with Gasteiger partial charge in [-0.15, -0.1) is 0 Å². The van der Waals surface area contributed by atoms with Gasteiger partial charge in [-0.2, -0.15) is 0 Å². The Morgan fingerprint density at radius 3 is 2.95 bits per heavy atom. The Hall–Kier alpha value is -0.770. The molecule has 1 atom stereocenters. The number of hydrogen-bond donors (Lipinski definition) is 1. The van der Waals surface area contributed by atoms with Crippen molar-refractivity contribution in [3.8, 4) is 0 Å². The van der Waals surface area contributed by atoms with Crippen molar-refractivity contribution < 1.29 is 9.21 Å². The van der Waals surface area contributed by atoms with Gasteiger partial charge in [-0.05, 0) is 37.7 Å². The third kappa shape index (κ3) is 3.87. The molecule has 1 heterocycles. The number of halogens is 1. The number of fused-ring (bicyclic) bond motifs is 1. The van der Waals surface area contributed by atoms with E-state index in [4.69, 9.17) is 4.42 Å². The summed E-state index contributed by atoms with van der Waals surface area (Å²) in [7, 11) is 0. The average Bonchev–Trinajstić information content (AvgIpc) is 2.68. The van der Waals surface area contributed by atoms with E-state index in [-0.39, 0.29) is 17.4 Å². The second-order valence-corrected chi connectivity index (χ2v) is 7.34. The molecule has 1 aromatic heterocycles. The molecule has 0 spiro atoms. The van der Waals surface area contributed by atoms with Crippen molar-refractivity contribution in [2.45, 2.75) is 58.9 Å². The number of nitrogens with one attached hydrogen (secondary N) is 1. The summed E-state index contributed by atoms with van der Waals surface area (Å²) >= 11 is 3.39. The van der Waals surface area contributed by atoms with Gasteiger partial charge in [0.2, 0.25) is 5.91 Å². The number of carbonyl (C=O) groups is 1. The summed E-state index contributed by atoms with van der Waals surface area (Å²) in [6, 6.07) is 2.18. The van der Waals surface area contributed by atoms with Gasteiger partial charge in [0.15, 0.2) is 0 Å². The second-order valence-electron chi connectivity index (χ2n) is 6.55. The molecule has 1 N–H and O–H groups in total. The zero-order valence-electron chi connectivity index (χ0n) is 12.6. The molecule has 1 amide bonds. The number of unbranched alkanes of at least 4 members (excludes halogenated alkanes) is 1. The summed E-state index contributed by atoms with van der Waals surface area (Å²) in [6.45, 7) is 6.44. The minimum absolute atomic E-state index is 0.0997. The molecule has 0 saturated carbocycles. The van der Waals surface area contributed by atoms with E-state index in [2.05, 4.69) is 41.2 Å². The molecular weight excluding hydrogens is 318 g/mol. The minimum Gasteiger partial charge on any atom is -0.466 e. The highest BCUT2D eigenvalue weighted by Gasteiger charge is 2.35. The molecule has 2 rings (SSSR count). The number of rotatable bonds is 5. The first-order valence-electron chi connectivity index (χ1n) is 7.36. The summed E-state index contributed by atoms with van der Waals surface area (Å²) in [4.78, 5) is 12.1. The predicted octanol–water partition coefficient (Wildman–Crippen LogP) is 4.28. The maximum absolute atomic E-state index is 12.1. The number of hydrogen-bond acceptors (Lipinski definition) is 2. The van der Waals surface area contributed by atoms with Gasteiger partial charge in [0.05, 0.1) is 6.04 Å². The number of carbonyl (C=O) groups excluding carboxylic acids is 1. The van der Waals surface area contributed by atoms with Crippen LogP contribution in [0.25, 0.3) is 0 Å². The zero-order chi connectivity index (χ0) is 14.8. The molecule has 0 saturated heterocycles. The maximum atomic E-state index is 12.1. The topological polar surface area (TPSA) is 42.2 Å². The molecule has 0 fully saturated rings. The molecule has 20 heavy (non-hydrogen) atoms. The van der Waals surface area contributed by atoms with Gasteiger partial charge >= 0.3 is 0 Å². The van der Waals surface area contributed by atoms with Gasteiger partial charge in [0, 0.05) is 23.7 Å². The van der Waals surface area contributed by atoms with E-state index in [1.807, 2.05) is 6.92 Å².